The van der Waals surface area contributed by atoms with Gasteiger partial charge in [0.25, 0.3) is 0 Å². The molecule has 1 N–H and O–H groups in total. The molecule has 1 aliphatic heterocycles. The number of hydrogen-bond donors (Lipinski definition) is 1. The molecule has 0 spiro atoms. The lowest BCUT2D eigenvalue weighted by Crippen LogP contribution is -2.56. The molecule has 4 heteroatoms. The summed E-state index contributed by atoms with van der Waals surface area (Å²) in [4.78, 5) is 23.1. The second-order valence-corrected chi connectivity index (χ2v) is 5.24. The molecule has 1 amide bonds. The van der Waals surface area contributed by atoms with Crippen molar-refractivity contribution in [3.05, 3.63) is 0 Å². The molecule has 15 heavy (non-hydrogen) atoms. The predicted octanol–water partition coefficient (Wildman–Crippen LogP) is 1.39. The molecule has 0 aromatic heterocycles. The van der Waals surface area contributed by atoms with Gasteiger partial charge in [-0.1, -0.05) is 0 Å². The molecule has 1 atom stereocenters. The Labute approximate surface area is 90.4 Å². The first-order valence-electron chi connectivity index (χ1n) is 5.27. The number of carbonyl (C=O) groups is 2. The minimum absolute atomic E-state index is 0.0744. The molecule has 0 aromatic rings. The Morgan fingerprint density at radius 2 is 2.07 bits per heavy atom. The Morgan fingerprint density at radius 3 is 2.53 bits per heavy atom. The summed E-state index contributed by atoms with van der Waals surface area (Å²) in [6.07, 6.45) is 1.88. The van der Waals surface area contributed by atoms with Crippen LogP contribution in [-0.4, -0.2) is 23.0 Å². The first-order valence-corrected chi connectivity index (χ1v) is 5.27. The quantitative estimate of drug-likeness (QED) is 0.670. The topological polar surface area (TPSA) is 55.4 Å². The molecule has 1 heterocycles. The van der Waals surface area contributed by atoms with E-state index in [1.807, 2.05) is 20.8 Å². The summed E-state index contributed by atoms with van der Waals surface area (Å²) in [7, 11) is 0. The first-order chi connectivity index (χ1) is 6.73. The van der Waals surface area contributed by atoms with Crippen LogP contribution in [0.3, 0.4) is 0 Å². The van der Waals surface area contributed by atoms with Crippen LogP contribution in [-0.2, 0) is 14.3 Å². The lowest BCUT2D eigenvalue weighted by atomic mass is 9.90. The summed E-state index contributed by atoms with van der Waals surface area (Å²) >= 11 is 0. The summed E-state index contributed by atoms with van der Waals surface area (Å²) in [5.74, 6) is -0.419. The summed E-state index contributed by atoms with van der Waals surface area (Å²) < 4.78 is 5.27. The van der Waals surface area contributed by atoms with Gasteiger partial charge in [0.05, 0.1) is 0 Å². The number of ether oxygens (including phenoxy) is 1. The Morgan fingerprint density at radius 1 is 1.47 bits per heavy atom. The summed E-state index contributed by atoms with van der Waals surface area (Å²) in [6.45, 7) is 7.18. The molecular weight excluding hydrogens is 194 g/mol. The van der Waals surface area contributed by atoms with Crippen molar-refractivity contribution in [1.29, 1.82) is 0 Å². The predicted molar refractivity (Wildman–Crippen MR) is 56.2 cm³/mol. The number of esters is 1. The Balaban J connectivity index is 2.68. The van der Waals surface area contributed by atoms with E-state index in [1.165, 1.54) is 0 Å². The van der Waals surface area contributed by atoms with Crippen molar-refractivity contribution in [2.45, 2.75) is 58.1 Å². The molecule has 0 saturated carbocycles. The van der Waals surface area contributed by atoms with Crippen LogP contribution in [0.1, 0.15) is 47.0 Å². The first kappa shape index (κ1) is 12.0. The summed E-state index contributed by atoms with van der Waals surface area (Å²) in [5.41, 5.74) is -1.36. The third kappa shape index (κ3) is 3.22. The van der Waals surface area contributed by atoms with Gasteiger partial charge in [-0.05, 0) is 40.5 Å². The maximum atomic E-state index is 11.8. The van der Waals surface area contributed by atoms with Crippen LogP contribution in [0.5, 0.6) is 0 Å². The molecule has 1 unspecified atom stereocenters. The number of piperidine rings is 1. The third-order valence-corrected chi connectivity index (χ3v) is 2.35. The Kier molecular flexibility index (Phi) is 3.07. The van der Waals surface area contributed by atoms with Crippen molar-refractivity contribution in [3.8, 4) is 0 Å². The summed E-state index contributed by atoms with van der Waals surface area (Å²) in [5, 5.41) is 2.70. The fraction of sp³-hybridized carbons (Fsp3) is 0.818. The molecule has 0 radical (unpaired) electrons. The molecule has 1 fully saturated rings. The molecule has 86 valence electrons. The second kappa shape index (κ2) is 3.83. The largest absolute Gasteiger partial charge is 0.458 e. The van der Waals surface area contributed by atoms with Gasteiger partial charge in [-0.25, -0.2) is 4.79 Å². The van der Waals surface area contributed by atoms with E-state index in [2.05, 4.69) is 5.32 Å². The van der Waals surface area contributed by atoms with Crippen LogP contribution < -0.4 is 5.32 Å². The zero-order chi connectivity index (χ0) is 11.7. The van der Waals surface area contributed by atoms with Crippen LogP contribution >= 0.6 is 0 Å². The number of hydrogen-bond acceptors (Lipinski definition) is 3. The highest BCUT2D eigenvalue weighted by molar-refractivity contribution is 5.89. The molecule has 1 aliphatic rings. The average molecular weight is 213 g/mol. The highest BCUT2D eigenvalue weighted by atomic mass is 16.6. The van der Waals surface area contributed by atoms with Gasteiger partial charge in [-0.3, -0.25) is 4.79 Å². The van der Waals surface area contributed by atoms with Gasteiger partial charge in [0.2, 0.25) is 5.91 Å². The van der Waals surface area contributed by atoms with E-state index >= 15 is 0 Å². The number of amides is 1. The second-order valence-electron chi connectivity index (χ2n) is 5.24. The van der Waals surface area contributed by atoms with Crippen LogP contribution in [0.4, 0.5) is 0 Å². The molecule has 0 aliphatic carbocycles. The van der Waals surface area contributed by atoms with Gasteiger partial charge in [0.1, 0.15) is 11.1 Å². The SMILES string of the molecule is CC(C)(C)OC(=O)C1(C)CCCC(=O)N1. The Bertz CT molecular complexity index is 280. The molecule has 1 saturated heterocycles. The lowest BCUT2D eigenvalue weighted by molar-refractivity contribution is -0.165. The molecule has 4 nitrogen and oxygen atoms in total. The van der Waals surface area contributed by atoms with Gasteiger partial charge in [-0.15, -0.1) is 0 Å². The van der Waals surface area contributed by atoms with E-state index in [9.17, 15) is 9.59 Å². The van der Waals surface area contributed by atoms with Crippen LogP contribution in [0, 0.1) is 0 Å². The highest BCUT2D eigenvalue weighted by Crippen LogP contribution is 2.23. The van der Waals surface area contributed by atoms with E-state index in [0.717, 1.165) is 6.42 Å². The minimum atomic E-state index is -0.845. The highest BCUT2D eigenvalue weighted by Gasteiger charge is 2.40. The maximum absolute atomic E-state index is 11.8. The van der Waals surface area contributed by atoms with Crippen LogP contribution in [0.25, 0.3) is 0 Å². The number of nitrogens with one attached hydrogen (secondary N) is 1. The zero-order valence-electron chi connectivity index (χ0n) is 9.85. The van der Waals surface area contributed by atoms with Crippen molar-refractivity contribution >= 4 is 11.9 Å². The van der Waals surface area contributed by atoms with E-state index in [4.69, 9.17) is 4.74 Å². The van der Waals surface area contributed by atoms with Crippen molar-refractivity contribution in [3.63, 3.8) is 0 Å². The maximum Gasteiger partial charge on any atom is 0.332 e. The van der Waals surface area contributed by atoms with Crippen LogP contribution in [0.15, 0.2) is 0 Å². The molecule has 0 aromatic carbocycles. The monoisotopic (exact) mass is 213 g/mol. The summed E-state index contributed by atoms with van der Waals surface area (Å²) in [6, 6.07) is 0. The van der Waals surface area contributed by atoms with Gasteiger partial charge in [-0.2, -0.15) is 0 Å². The average Bonchev–Trinajstić information content (AvgIpc) is 2.00. The molecule has 1 rings (SSSR count). The Hall–Kier alpha value is -1.06. The fourth-order valence-electron chi connectivity index (χ4n) is 1.58. The third-order valence-electron chi connectivity index (χ3n) is 2.35. The van der Waals surface area contributed by atoms with Crippen LogP contribution in [0.2, 0.25) is 0 Å². The van der Waals surface area contributed by atoms with E-state index < -0.39 is 11.1 Å². The standard InChI is InChI=1S/C11H19NO3/c1-10(2,3)15-9(14)11(4)7-5-6-8(13)12-11/h5-7H2,1-4H3,(H,12,13). The van der Waals surface area contributed by atoms with Gasteiger partial charge >= 0.3 is 5.97 Å². The van der Waals surface area contributed by atoms with Crippen molar-refractivity contribution in [2.75, 3.05) is 0 Å². The lowest BCUT2D eigenvalue weighted by Gasteiger charge is -2.34. The smallest absolute Gasteiger partial charge is 0.332 e. The fourth-order valence-corrected chi connectivity index (χ4v) is 1.58. The van der Waals surface area contributed by atoms with E-state index in [1.54, 1.807) is 6.92 Å². The van der Waals surface area contributed by atoms with E-state index in [-0.39, 0.29) is 11.9 Å². The van der Waals surface area contributed by atoms with Gasteiger partial charge in [0.15, 0.2) is 0 Å². The number of carbonyl (C=O) groups excluding carboxylic acids is 2. The molecule has 0 bridgehead atoms. The minimum Gasteiger partial charge on any atom is -0.458 e. The van der Waals surface area contributed by atoms with Crippen molar-refractivity contribution in [2.24, 2.45) is 0 Å². The number of rotatable bonds is 1. The van der Waals surface area contributed by atoms with Gasteiger partial charge in [0, 0.05) is 6.42 Å². The normalized spacial score (nSPS) is 27.1. The van der Waals surface area contributed by atoms with Crippen molar-refractivity contribution < 1.29 is 14.3 Å². The van der Waals surface area contributed by atoms with Crippen molar-refractivity contribution in [1.82, 2.24) is 5.32 Å². The van der Waals surface area contributed by atoms with E-state index in [0.29, 0.717) is 12.8 Å². The zero-order valence-corrected chi connectivity index (χ0v) is 9.85. The molecular formula is C11H19NO3. The van der Waals surface area contributed by atoms with Gasteiger partial charge < -0.3 is 10.1 Å².